The van der Waals surface area contributed by atoms with Gasteiger partial charge in [0.25, 0.3) is 11.7 Å². The van der Waals surface area contributed by atoms with Crippen LogP contribution in [0.5, 0.6) is 0 Å². The van der Waals surface area contributed by atoms with Gasteiger partial charge in [-0.15, -0.1) is 0 Å². The summed E-state index contributed by atoms with van der Waals surface area (Å²) in [6, 6.07) is -1.14. The Morgan fingerprint density at radius 3 is 2.30 bits per heavy atom. The van der Waals surface area contributed by atoms with Gasteiger partial charge in [0.15, 0.2) is 0 Å². The van der Waals surface area contributed by atoms with Crippen molar-refractivity contribution in [2.24, 2.45) is 29.6 Å². The zero-order valence-electron chi connectivity index (χ0n) is 35.2. The average molecular weight is 804 g/mol. The number of likely N-dealkylation sites (tertiary alicyclic amines) is 1. The van der Waals surface area contributed by atoms with E-state index >= 15 is 0 Å². The quantitative estimate of drug-likeness (QED) is 0.0597. The molecule has 13 nitrogen and oxygen atoms in total. The fourth-order valence-corrected chi connectivity index (χ4v) is 8.91. The van der Waals surface area contributed by atoms with E-state index in [0.717, 1.165) is 42.2 Å². The van der Waals surface area contributed by atoms with Gasteiger partial charge >= 0.3 is 11.9 Å². The Hall–Kier alpha value is -3.23. The van der Waals surface area contributed by atoms with E-state index in [9.17, 15) is 44.4 Å². The van der Waals surface area contributed by atoms with Crippen LogP contribution in [0.4, 0.5) is 0 Å². The third kappa shape index (κ3) is 14.2. The van der Waals surface area contributed by atoms with Crippen molar-refractivity contribution in [1.82, 2.24) is 4.90 Å². The van der Waals surface area contributed by atoms with Crippen molar-refractivity contribution in [1.29, 1.82) is 0 Å². The van der Waals surface area contributed by atoms with Gasteiger partial charge < -0.3 is 39.5 Å². The highest BCUT2D eigenvalue weighted by Gasteiger charge is 2.54. The monoisotopic (exact) mass is 803 g/mol. The molecule has 3 fully saturated rings. The van der Waals surface area contributed by atoms with Gasteiger partial charge in [-0.25, -0.2) is 9.59 Å². The van der Waals surface area contributed by atoms with Crippen molar-refractivity contribution < 1.29 is 58.6 Å². The number of aliphatic hydroxyl groups excluding tert-OH is 1. The number of rotatable bonds is 21. The van der Waals surface area contributed by atoms with Crippen LogP contribution < -0.4 is 0 Å². The number of ketones is 2. The first-order valence-electron chi connectivity index (χ1n) is 20.9. The molecule has 9 unspecified atom stereocenters. The SMILES string of the molecule is COC1CCCC(/C=C(\C)C[C@H](C)C(O)CC(=O)[C@H](/C=C(/C)CC(C)CCC2OC(O)(C(=O)C(=O)N3CCCCC3C(=O)O)C(C)CC2OC)C/C=C/C(=O)O)C1. The second-order valence-electron chi connectivity index (χ2n) is 17.1. The first-order valence-corrected chi connectivity index (χ1v) is 20.9. The van der Waals surface area contributed by atoms with Crippen LogP contribution in [0.2, 0.25) is 0 Å². The van der Waals surface area contributed by atoms with Gasteiger partial charge in [-0.2, -0.15) is 0 Å². The van der Waals surface area contributed by atoms with E-state index in [2.05, 4.69) is 13.0 Å². The van der Waals surface area contributed by atoms with Crippen molar-refractivity contribution in [3.8, 4) is 0 Å². The van der Waals surface area contributed by atoms with Gasteiger partial charge in [0.2, 0.25) is 5.79 Å². The molecular formula is C44H69NO12. The van der Waals surface area contributed by atoms with Crippen LogP contribution in [0, 0.1) is 29.6 Å². The van der Waals surface area contributed by atoms with E-state index in [1.54, 1.807) is 14.0 Å². The first kappa shape index (κ1) is 48.1. The number of aliphatic carboxylic acids is 2. The lowest BCUT2D eigenvalue weighted by Crippen LogP contribution is -2.62. The van der Waals surface area contributed by atoms with Crippen LogP contribution >= 0.6 is 0 Å². The minimum Gasteiger partial charge on any atom is -0.480 e. The van der Waals surface area contributed by atoms with Gasteiger partial charge in [0, 0.05) is 45.1 Å². The van der Waals surface area contributed by atoms with Gasteiger partial charge in [0.05, 0.1) is 24.4 Å². The number of carboxylic acid groups (broad SMARTS) is 2. The van der Waals surface area contributed by atoms with E-state index in [1.165, 1.54) is 18.8 Å². The molecule has 0 spiro atoms. The maximum absolute atomic E-state index is 13.6. The maximum atomic E-state index is 13.6. The summed E-state index contributed by atoms with van der Waals surface area (Å²) in [5, 5.41) is 41.5. The van der Waals surface area contributed by atoms with Crippen LogP contribution in [0.25, 0.3) is 0 Å². The number of carbonyl (C=O) groups excluding carboxylic acids is 3. The van der Waals surface area contributed by atoms with Crippen molar-refractivity contribution >= 4 is 29.4 Å². The topological polar surface area (TPSA) is 197 Å². The normalized spacial score (nSPS) is 29.7. The third-order valence-corrected chi connectivity index (χ3v) is 12.3. The molecule has 1 aliphatic carbocycles. The van der Waals surface area contributed by atoms with E-state index < -0.39 is 65.6 Å². The molecule has 11 atom stereocenters. The lowest BCUT2D eigenvalue weighted by atomic mass is 9.83. The molecule has 322 valence electrons. The molecule has 2 saturated heterocycles. The maximum Gasteiger partial charge on any atom is 0.327 e. The molecule has 57 heavy (non-hydrogen) atoms. The molecule has 0 aromatic heterocycles. The molecule has 3 aliphatic rings. The van der Waals surface area contributed by atoms with Crippen LogP contribution in [-0.2, 0) is 38.2 Å². The molecule has 0 radical (unpaired) electrons. The van der Waals surface area contributed by atoms with Crippen LogP contribution in [0.15, 0.2) is 35.5 Å². The zero-order chi connectivity index (χ0) is 42.4. The van der Waals surface area contributed by atoms with Crippen molar-refractivity contribution in [2.45, 2.75) is 161 Å². The highest BCUT2D eigenvalue weighted by molar-refractivity contribution is 6.39. The highest BCUT2D eigenvalue weighted by atomic mass is 16.7. The Bertz CT molecular complexity index is 1470. The number of Topliss-reactive ketones (excluding diaryl/α,β-unsaturated/α-hetero) is 2. The largest absolute Gasteiger partial charge is 0.480 e. The molecule has 13 heteroatoms. The molecule has 1 amide bonds. The lowest BCUT2D eigenvalue weighted by molar-refractivity contribution is -0.287. The van der Waals surface area contributed by atoms with Crippen LogP contribution in [0.3, 0.4) is 0 Å². The molecule has 0 aromatic carbocycles. The minimum absolute atomic E-state index is 0.0523. The molecule has 3 rings (SSSR count). The number of allylic oxidation sites excluding steroid dienone is 5. The Labute approximate surface area is 338 Å². The summed E-state index contributed by atoms with van der Waals surface area (Å²) in [5.74, 6) is -8.20. The summed E-state index contributed by atoms with van der Waals surface area (Å²) in [6.45, 7) is 9.66. The smallest absolute Gasteiger partial charge is 0.327 e. The van der Waals surface area contributed by atoms with Gasteiger partial charge in [-0.05, 0) is 109 Å². The Morgan fingerprint density at radius 1 is 0.930 bits per heavy atom. The number of amides is 1. The average Bonchev–Trinajstić information content (AvgIpc) is 3.16. The summed E-state index contributed by atoms with van der Waals surface area (Å²) in [6.07, 6.45) is 13.2. The summed E-state index contributed by atoms with van der Waals surface area (Å²) >= 11 is 0. The number of carboxylic acids is 2. The lowest BCUT2D eigenvalue weighted by Gasteiger charge is -2.45. The molecule has 0 bridgehead atoms. The third-order valence-electron chi connectivity index (χ3n) is 12.3. The Morgan fingerprint density at radius 2 is 1.65 bits per heavy atom. The van der Waals surface area contributed by atoms with Crippen LogP contribution in [0.1, 0.15) is 125 Å². The van der Waals surface area contributed by atoms with Gasteiger partial charge in [-0.1, -0.05) is 56.6 Å². The Balaban J connectivity index is 1.64. The number of ether oxygens (including phenoxy) is 3. The fraction of sp³-hybridized carbons (Fsp3) is 0.750. The van der Waals surface area contributed by atoms with Crippen molar-refractivity contribution in [2.75, 3.05) is 20.8 Å². The van der Waals surface area contributed by atoms with Gasteiger partial charge in [-0.3, -0.25) is 14.4 Å². The highest BCUT2D eigenvalue weighted by Crippen LogP contribution is 2.38. The fourth-order valence-electron chi connectivity index (χ4n) is 8.91. The molecule has 2 aliphatic heterocycles. The predicted octanol–water partition coefficient (Wildman–Crippen LogP) is 6.05. The molecule has 0 aromatic rings. The van der Waals surface area contributed by atoms with E-state index in [0.29, 0.717) is 44.4 Å². The molecule has 1 saturated carbocycles. The minimum atomic E-state index is -2.44. The second-order valence-corrected chi connectivity index (χ2v) is 17.1. The number of piperidine rings is 1. The molecule has 2 heterocycles. The number of methoxy groups -OCH3 is 2. The van der Waals surface area contributed by atoms with Crippen LogP contribution in [-0.4, -0.2) is 112 Å². The predicted molar refractivity (Wildman–Crippen MR) is 214 cm³/mol. The first-order chi connectivity index (χ1) is 26.9. The number of hydrogen-bond donors (Lipinski definition) is 4. The van der Waals surface area contributed by atoms with E-state index in [-0.39, 0.29) is 56.0 Å². The summed E-state index contributed by atoms with van der Waals surface area (Å²) in [5.41, 5.74) is 2.10. The number of hydrogen-bond acceptors (Lipinski definition) is 10. The van der Waals surface area contributed by atoms with Gasteiger partial charge in [0.1, 0.15) is 11.8 Å². The van der Waals surface area contributed by atoms with E-state index in [1.807, 2.05) is 26.8 Å². The summed E-state index contributed by atoms with van der Waals surface area (Å²) < 4.78 is 17.3. The molecule has 4 N–H and O–H groups in total. The zero-order valence-corrected chi connectivity index (χ0v) is 35.2. The van der Waals surface area contributed by atoms with Crippen molar-refractivity contribution in [3.63, 3.8) is 0 Å². The van der Waals surface area contributed by atoms with E-state index in [4.69, 9.17) is 14.2 Å². The second kappa shape index (κ2) is 22.8. The molecular weight excluding hydrogens is 734 g/mol. The van der Waals surface area contributed by atoms with Crippen molar-refractivity contribution in [3.05, 3.63) is 35.5 Å². The number of nitrogens with zero attached hydrogens (tertiary/aromatic N) is 1. The standard InChI is InChI=1S/C44H69NO12/c1-27(17-18-38-39(56-7)24-31(5)44(54,57-38)41(50)42(51)45-19-9-8-15-35(45)43(52)53)20-28(2)23-33(13-11-16-40(48)49)37(47)26-36(46)30(4)21-29(3)22-32-12-10-14-34(25-32)55-6/h11,16,22-23,27,30-36,38-39,46,54H,8-10,12-15,17-21,24-26H2,1-7H3,(H,48,49)(H,52,53)/b16-11+,28-23-,29-22+/t27?,30-,31?,32?,33-,34?,35?,36?,38?,39?,44?/m0/s1. The Kier molecular flexibility index (Phi) is 19.3. The summed E-state index contributed by atoms with van der Waals surface area (Å²) in [7, 11) is 3.27. The number of carbonyl (C=O) groups is 5. The number of aliphatic hydroxyl groups is 2. The summed E-state index contributed by atoms with van der Waals surface area (Å²) in [4.78, 5) is 64.6.